The van der Waals surface area contributed by atoms with Gasteiger partial charge in [0.15, 0.2) is 6.04 Å². The van der Waals surface area contributed by atoms with Crippen LogP contribution in [0.3, 0.4) is 0 Å². The number of amides is 3. The fourth-order valence-electron chi connectivity index (χ4n) is 2.05. The molecule has 1 atom stereocenters. The number of nitrogens with two attached hydrogens (primary N) is 1. The van der Waals surface area contributed by atoms with E-state index in [4.69, 9.17) is 15.9 Å². The fourth-order valence-corrected chi connectivity index (χ4v) is 2.05. The summed E-state index contributed by atoms with van der Waals surface area (Å²) in [7, 11) is 0. The summed E-state index contributed by atoms with van der Waals surface area (Å²) in [5.74, 6) is -1.46. The van der Waals surface area contributed by atoms with Gasteiger partial charge in [0.1, 0.15) is 0 Å². The van der Waals surface area contributed by atoms with E-state index in [1.165, 1.54) is 4.90 Å². The molecule has 0 aromatic heterocycles. The molecule has 0 aromatic carbocycles. The van der Waals surface area contributed by atoms with Crippen LogP contribution in [0.15, 0.2) is 0 Å². The number of hydrogen-bond donors (Lipinski definition) is 4. The number of aliphatic hydroxyl groups excluding tert-OH is 1. The lowest BCUT2D eigenvalue weighted by Gasteiger charge is -2.32. The number of carbonyl (C=O) groups is 3. The Balaban J connectivity index is 2.40. The van der Waals surface area contributed by atoms with Gasteiger partial charge in [0, 0.05) is 19.5 Å². The summed E-state index contributed by atoms with van der Waals surface area (Å²) in [5.41, 5.74) is 5.11. The number of nitrogens with zero attached hydrogens (tertiary/aromatic N) is 1. The topological polar surface area (TPSA) is 133 Å². The molecule has 0 bridgehead atoms. The molecule has 5 N–H and O–H groups in total. The largest absolute Gasteiger partial charge is 0.480 e. The molecular weight excluding hydrogens is 254 g/mol. The second-order valence-electron chi connectivity index (χ2n) is 4.62. The average molecular weight is 273 g/mol. The minimum Gasteiger partial charge on any atom is -0.480 e. The van der Waals surface area contributed by atoms with E-state index in [1.54, 1.807) is 0 Å². The molecule has 8 nitrogen and oxygen atoms in total. The van der Waals surface area contributed by atoms with Crippen molar-refractivity contribution in [2.45, 2.75) is 25.3 Å². The first-order valence-electron chi connectivity index (χ1n) is 6.11. The van der Waals surface area contributed by atoms with Crippen LogP contribution in [0, 0.1) is 5.92 Å². The van der Waals surface area contributed by atoms with Crippen LogP contribution in [0.5, 0.6) is 0 Å². The molecule has 19 heavy (non-hydrogen) atoms. The number of likely N-dealkylation sites (tertiary alicyclic amines) is 1. The van der Waals surface area contributed by atoms with Crippen molar-refractivity contribution in [1.82, 2.24) is 10.2 Å². The van der Waals surface area contributed by atoms with Gasteiger partial charge in [-0.15, -0.1) is 0 Å². The Kier molecular flexibility index (Phi) is 5.56. The molecule has 1 aliphatic heterocycles. The van der Waals surface area contributed by atoms with Crippen molar-refractivity contribution in [3.05, 3.63) is 0 Å². The normalized spacial score (nSPS) is 17.8. The van der Waals surface area contributed by atoms with Crippen LogP contribution in [0.4, 0.5) is 4.79 Å². The average Bonchev–Trinajstić information content (AvgIpc) is 2.35. The van der Waals surface area contributed by atoms with Crippen LogP contribution in [0.2, 0.25) is 0 Å². The number of piperidine rings is 1. The Labute approximate surface area is 110 Å². The van der Waals surface area contributed by atoms with Crippen molar-refractivity contribution >= 4 is 17.9 Å². The van der Waals surface area contributed by atoms with E-state index >= 15 is 0 Å². The Morgan fingerprint density at radius 1 is 1.32 bits per heavy atom. The second kappa shape index (κ2) is 6.93. The summed E-state index contributed by atoms with van der Waals surface area (Å²) in [6, 6.07) is -1.81. The van der Waals surface area contributed by atoms with Gasteiger partial charge in [-0.3, -0.25) is 4.79 Å². The minimum absolute atomic E-state index is 0.176. The summed E-state index contributed by atoms with van der Waals surface area (Å²) in [4.78, 5) is 34.7. The number of carboxylic acids is 1. The molecule has 1 aliphatic rings. The summed E-state index contributed by atoms with van der Waals surface area (Å²) >= 11 is 0. The Morgan fingerprint density at radius 2 is 1.89 bits per heavy atom. The number of carbonyl (C=O) groups excluding carboxylic acids is 2. The smallest absolute Gasteiger partial charge is 0.328 e. The van der Waals surface area contributed by atoms with Gasteiger partial charge >= 0.3 is 12.0 Å². The van der Waals surface area contributed by atoms with Crippen molar-refractivity contribution < 1.29 is 24.6 Å². The number of urea groups is 1. The molecule has 0 radical (unpaired) electrons. The molecule has 0 saturated carbocycles. The number of rotatable bonds is 5. The van der Waals surface area contributed by atoms with Gasteiger partial charge in [0.2, 0.25) is 5.91 Å². The van der Waals surface area contributed by atoms with E-state index in [0.29, 0.717) is 32.4 Å². The zero-order chi connectivity index (χ0) is 14.4. The van der Waals surface area contributed by atoms with Gasteiger partial charge in [0.05, 0.1) is 6.61 Å². The zero-order valence-electron chi connectivity index (χ0n) is 10.5. The van der Waals surface area contributed by atoms with Gasteiger partial charge in [0.25, 0.3) is 0 Å². The molecule has 3 amide bonds. The van der Waals surface area contributed by atoms with Crippen molar-refractivity contribution in [3.63, 3.8) is 0 Å². The van der Waals surface area contributed by atoms with Crippen LogP contribution in [-0.2, 0) is 9.59 Å². The molecule has 108 valence electrons. The number of aliphatic carboxylic acids is 1. The molecular formula is C11H19N3O5. The highest BCUT2D eigenvalue weighted by molar-refractivity contribution is 5.82. The van der Waals surface area contributed by atoms with E-state index in [0.717, 1.165) is 0 Å². The first-order valence-corrected chi connectivity index (χ1v) is 6.11. The van der Waals surface area contributed by atoms with Crippen LogP contribution in [0.1, 0.15) is 19.3 Å². The van der Waals surface area contributed by atoms with Gasteiger partial charge in [-0.05, 0) is 18.8 Å². The summed E-state index contributed by atoms with van der Waals surface area (Å²) in [6.45, 7) is 0.238. The molecule has 8 heteroatoms. The maximum atomic E-state index is 11.7. The van der Waals surface area contributed by atoms with Crippen LogP contribution >= 0.6 is 0 Å². The van der Waals surface area contributed by atoms with E-state index in [2.05, 4.69) is 5.32 Å². The number of nitrogens with one attached hydrogen (secondary N) is 1. The third kappa shape index (κ3) is 4.74. The number of aliphatic hydroxyl groups is 1. The number of hydrogen-bond acceptors (Lipinski definition) is 4. The monoisotopic (exact) mass is 273 g/mol. The maximum absolute atomic E-state index is 11.7. The van der Waals surface area contributed by atoms with Crippen LogP contribution in [0.25, 0.3) is 0 Å². The van der Waals surface area contributed by atoms with Gasteiger partial charge in [-0.25, -0.2) is 9.59 Å². The summed E-state index contributed by atoms with van der Waals surface area (Å²) < 4.78 is 0. The molecule has 1 saturated heterocycles. The molecule has 0 aliphatic carbocycles. The number of primary amides is 1. The minimum atomic E-state index is -1.30. The molecule has 1 rings (SSSR count). The maximum Gasteiger partial charge on any atom is 0.328 e. The Morgan fingerprint density at radius 3 is 2.32 bits per heavy atom. The number of carboxylic acid groups (broad SMARTS) is 1. The quantitative estimate of drug-likeness (QED) is 0.495. The third-order valence-corrected chi connectivity index (χ3v) is 3.17. The van der Waals surface area contributed by atoms with Crippen LogP contribution < -0.4 is 11.1 Å². The standard InChI is InChI=1S/C11H19N3O5/c12-9(16)5-7-1-3-14(4-2-7)11(19)13-8(6-15)10(17)18/h7-8,15H,1-6H2,(H2,12,16)(H,13,19)(H,17,18)/t8-/m1/s1. The van der Waals surface area contributed by atoms with E-state index in [-0.39, 0.29) is 11.8 Å². The van der Waals surface area contributed by atoms with Crippen molar-refractivity contribution in [2.24, 2.45) is 11.7 Å². The Hall–Kier alpha value is -1.83. The SMILES string of the molecule is NC(=O)CC1CCN(C(=O)N[C@H](CO)C(=O)O)CC1. The van der Waals surface area contributed by atoms with Crippen LogP contribution in [-0.4, -0.2) is 58.8 Å². The molecule has 0 spiro atoms. The Bertz CT molecular complexity index is 352. The lowest BCUT2D eigenvalue weighted by molar-refractivity contribution is -0.140. The summed E-state index contributed by atoms with van der Waals surface area (Å²) in [5, 5.41) is 19.8. The molecule has 0 aromatic rings. The zero-order valence-corrected chi connectivity index (χ0v) is 10.5. The van der Waals surface area contributed by atoms with Gasteiger partial charge in [-0.2, -0.15) is 0 Å². The van der Waals surface area contributed by atoms with E-state index in [9.17, 15) is 14.4 Å². The third-order valence-electron chi connectivity index (χ3n) is 3.17. The van der Waals surface area contributed by atoms with Gasteiger partial charge < -0.3 is 26.2 Å². The molecule has 1 fully saturated rings. The lowest BCUT2D eigenvalue weighted by Crippen LogP contribution is -2.51. The predicted octanol–water partition coefficient (Wildman–Crippen LogP) is -1.27. The summed E-state index contributed by atoms with van der Waals surface area (Å²) in [6.07, 6.45) is 1.63. The first-order chi connectivity index (χ1) is 8.93. The fraction of sp³-hybridized carbons (Fsp3) is 0.727. The van der Waals surface area contributed by atoms with Gasteiger partial charge in [-0.1, -0.05) is 0 Å². The highest BCUT2D eigenvalue weighted by Crippen LogP contribution is 2.20. The molecule has 1 heterocycles. The van der Waals surface area contributed by atoms with Crippen molar-refractivity contribution in [3.8, 4) is 0 Å². The first kappa shape index (κ1) is 15.2. The highest BCUT2D eigenvalue weighted by atomic mass is 16.4. The highest BCUT2D eigenvalue weighted by Gasteiger charge is 2.26. The van der Waals surface area contributed by atoms with Crippen molar-refractivity contribution in [1.29, 1.82) is 0 Å². The lowest BCUT2D eigenvalue weighted by atomic mass is 9.93. The molecule has 0 unspecified atom stereocenters. The second-order valence-corrected chi connectivity index (χ2v) is 4.62. The van der Waals surface area contributed by atoms with E-state index in [1.807, 2.05) is 0 Å². The predicted molar refractivity (Wildman–Crippen MR) is 65.1 cm³/mol. The van der Waals surface area contributed by atoms with E-state index < -0.39 is 24.6 Å². The van der Waals surface area contributed by atoms with Crippen molar-refractivity contribution in [2.75, 3.05) is 19.7 Å².